The molecule has 0 spiro atoms. The lowest BCUT2D eigenvalue weighted by Gasteiger charge is -2.02. The van der Waals surface area contributed by atoms with Gasteiger partial charge in [0.05, 0.1) is 6.54 Å². The van der Waals surface area contributed by atoms with Crippen LogP contribution in [0.25, 0.3) is 0 Å². The van der Waals surface area contributed by atoms with Gasteiger partial charge in [0.15, 0.2) is 0 Å². The molecular formula is C10H9FN2O. The second kappa shape index (κ2) is 4.28. The minimum Gasteiger partial charge on any atom is -0.399 e. The molecule has 4 heteroatoms. The van der Waals surface area contributed by atoms with Gasteiger partial charge in [-0.3, -0.25) is 4.79 Å². The molecule has 1 aromatic carbocycles. The van der Waals surface area contributed by atoms with E-state index in [9.17, 15) is 9.18 Å². The first-order valence-electron chi connectivity index (χ1n) is 3.91. The van der Waals surface area contributed by atoms with Crippen molar-refractivity contribution in [2.75, 3.05) is 12.3 Å². The lowest BCUT2D eigenvalue weighted by Crippen LogP contribution is -2.23. The molecule has 0 aliphatic rings. The van der Waals surface area contributed by atoms with Crippen LogP contribution in [0.5, 0.6) is 0 Å². The number of anilines is 1. The SMILES string of the molecule is C#CCNC(=O)c1cc(N)cc(F)c1. The lowest BCUT2D eigenvalue weighted by molar-refractivity contribution is 0.0958. The molecule has 0 fully saturated rings. The second-order valence-electron chi connectivity index (χ2n) is 2.66. The maximum absolute atomic E-state index is 12.8. The molecule has 1 rings (SSSR count). The number of nitrogens with one attached hydrogen (secondary N) is 1. The van der Waals surface area contributed by atoms with E-state index in [1.54, 1.807) is 0 Å². The number of nitrogens with two attached hydrogens (primary N) is 1. The van der Waals surface area contributed by atoms with Crippen molar-refractivity contribution in [3.63, 3.8) is 0 Å². The van der Waals surface area contributed by atoms with Crippen LogP contribution in [-0.2, 0) is 0 Å². The number of carbonyl (C=O) groups excluding carboxylic acids is 1. The fourth-order valence-corrected chi connectivity index (χ4v) is 0.977. The van der Waals surface area contributed by atoms with Gasteiger partial charge in [-0.05, 0) is 18.2 Å². The molecule has 3 nitrogen and oxygen atoms in total. The predicted molar refractivity (Wildman–Crippen MR) is 52.0 cm³/mol. The number of halogens is 1. The van der Waals surface area contributed by atoms with Crippen LogP contribution in [0.1, 0.15) is 10.4 Å². The molecule has 0 atom stereocenters. The number of amides is 1. The Morgan fingerprint density at radius 1 is 1.57 bits per heavy atom. The number of carbonyl (C=O) groups is 1. The molecule has 0 aliphatic heterocycles. The Hall–Kier alpha value is -2.02. The minimum atomic E-state index is -0.546. The first-order valence-corrected chi connectivity index (χ1v) is 3.91. The number of rotatable bonds is 2. The molecule has 1 amide bonds. The molecule has 0 unspecified atom stereocenters. The van der Waals surface area contributed by atoms with Crippen LogP contribution in [0.3, 0.4) is 0 Å². The molecular weight excluding hydrogens is 183 g/mol. The standard InChI is InChI=1S/C10H9FN2O/c1-2-3-13-10(14)7-4-8(11)6-9(12)5-7/h1,4-6H,3,12H2,(H,13,14). The largest absolute Gasteiger partial charge is 0.399 e. The first kappa shape index (κ1) is 10.1. The van der Waals surface area contributed by atoms with Crippen LogP contribution >= 0.6 is 0 Å². The van der Waals surface area contributed by atoms with E-state index < -0.39 is 11.7 Å². The van der Waals surface area contributed by atoms with E-state index in [0.717, 1.165) is 12.1 Å². The van der Waals surface area contributed by atoms with Crippen LogP contribution in [0.4, 0.5) is 10.1 Å². The average Bonchev–Trinajstić information content (AvgIpc) is 2.12. The number of hydrogen-bond donors (Lipinski definition) is 2. The van der Waals surface area contributed by atoms with Gasteiger partial charge in [0.25, 0.3) is 5.91 Å². The summed E-state index contributed by atoms with van der Waals surface area (Å²) < 4.78 is 12.8. The van der Waals surface area contributed by atoms with Crippen LogP contribution in [0.2, 0.25) is 0 Å². The Morgan fingerprint density at radius 3 is 2.86 bits per heavy atom. The lowest BCUT2D eigenvalue weighted by atomic mass is 10.2. The average molecular weight is 192 g/mol. The summed E-state index contributed by atoms with van der Waals surface area (Å²) in [7, 11) is 0. The smallest absolute Gasteiger partial charge is 0.252 e. The molecule has 0 saturated carbocycles. The van der Waals surface area contributed by atoms with Crippen molar-refractivity contribution in [3.05, 3.63) is 29.6 Å². The zero-order chi connectivity index (χ0) is 10.6. The highest BCUT2D eigenvalue weighted by Crippen LogP contribution is 2.10. The van der Waals surface area contributed by atoms with Gasteiger partial charge < -0.3 is 11.1 Å². The molecule has 0 aromatic heterocycles. The third-order valence-corrected chi connectivity index (χ3v) is 1.53. The van der Waals surface area contributed by atoms with Gasteiger partial charge in [-0.25, -0.2) is 4.39 Å². The molecule has 0 aliphatic carbocycles. The van der Waals surface area contributed by atoms with Crippen LogP contribution < -0.4 is 11.1 Å². The summed E-state index contributed by atoms with van der Waals surface area (Å²) in [6.07, 6.45) is 4.95. The fraction of sp³-hybridized carbons (Fsp3) is 0.100. The number of nitrogen functional groups attached to an aromatic ring is 1. The molecule has 0 radical (unpaired) electrons. The Labute approximate surface area is 81.1 Å². The molecule has 0 heterocycles. The minimum absolute atomic E-state index is 0.106. The van der Waals surface area contributed by atoms with Gasteiger partial charge in [0, 0.05) is 11.3 Å². The summed E-state index contributed by atoms with van der Waals surface area (Å²) in [6, 6.07) is 3.62. The topological polar surface area (TPSA) is 55.1 Å². The van der Waals surface area contributed by atoms with E-state index in [1.807, 2.05) is 0 Å². The van der Waals surface area contributed by atoms with Gasteiger partial charge in [-0.15, -0.1) is 6.42 Å². The highest BCUT2D eigenvalue weighted by molar-refractivity contribution is 5.95. The van der Waals surface area contributed by atoms with Gasteiger partial charge in [0.2, 0.25) is 0 Å². The van der Waals surface area contributed by atoms with Crippen molar-refractivity contribution < 1.29 is 9.18 Å². The van der Waals surface area contributed by atoms with Crippen molar-refractivity contribution in [1.82, 2.24) is 5.32 Å². The predicted octanol–water partition coefficient (Wildman–Crippen LogP) is 0.771. The number of terminal acetylenes is 1. The van der Waals surface area contributed by atoms with E-state index in [1.165, 1.54) is 6.07 Å². The van der Waals surface area contributed by atoms with Crippen LogP contribution in [0.15, 0.2) is 18.2 Å². The normalized spacial score (nSPS) is 9.14. The van der Waals surface area contributed by atoms with E-state index >= 15 is 0 Å². The zero-order valence-electron chi connectivity index (χ0n) is 7.38. The van der Waals surface area contributed by atoms with Crippen molar-refractivity contribution >= 4 is 11.6 Å². The van der Waals surface area contributed by atoms with Crippen molar-refractivity contribution in [1.29, 1.82) is 0 Å². The molecule has 0 bridgehead atoms. The number of benzene rings is 1. The number of hydrogen-bond acceptors (Lipinski definition) is 2. The second-order valence-corrected chi connectivity index (χ2v) is 2.66. The Kier molecular flexibility index (Phi) is 3.08. The highest BCUT2D eigenvalue weighted by Gasteiger charge is 2.06. The summed E-state index contributed by atoms with van der Waals surface area (Å²) in [4.78, 5) is 11.3. The van der Waals surface area contributed by atoms with Crippen molar-refractivity contribution in [3.8, 4) is 12.3 Å². The Balaban J connectivity index is 2.85. The van der Waals surface area contributed by atoms with Crippen molar-refractivity contribution in [2.24, 2.45) is 0 Å². The van der Waals surface area contributed by atoms with Gasteiger partial charge in [-0.1, -0.05) is 5.92 Å². The molecule has 3 N–H and O–H groups in total. The molecule has 0 saturated heterocycles. The van der Waals surface area contributed by atoms with E-state index in [2.05, 4.69) is 11.2 Å². The summed E-state index contributed by atoms with van der Waals surface area (Å²) in [5.41, 5.74) is 5.73. The maximum Gasteiger partial charge on any atom is 0.252 e. The Bertz CT molecular complexity index is 375. The third kappa shape index (κ3) is 2.49. The highest BCUT2D eigenvalue weighted by atomic mass is 19.1. The quantitative estimate of drug-likeness (QED) is 0.537. The fourth-order valence-electron chi connectivity index (χ4n) is 0.977. The van der Waals surface area contributed by atoms with E-state index in [0.29, 0.717) is 0 Å². The molecule has 72 valence electrons. The van der Waals surface area contributed by atoms with Crippen molar-refractivity contribution in [2.45, 2.75) is 0 Å². The zero-order valence-corrected chi connectivity index (χ0v) is 7.38. The van der Waals surface area contributed by atoms with Gasteiger partial charge >= 0.3 is 0 Å². The Morgan fingerprint density at radius 2 is 2.29 bits per heavy atom. The van der Waals surface area contributed by atoms with Gasteiger partial charge in [0.1, 0.15) is 5.82 Å². The monoisotopic (exact) mass is 192 g/mol. The summed E-state index contributed by atoms with van der Waals surface area (Å²) in [6.45, 7) is 0.106. The molecule has 14 heavy (non-hydrogen) atoms. The summed E-state index contributed by atoms with van der Waals surface area (Å²) in [5.74, 6) is 1.26. The maximum atomic E-state index is 12.8. The van der Waals surface area contributed by atoms with Gasteiger partial charge in [-0.2, -0.15) is 0 Å². The summed E-state index contributed by atoms with van der Waals surface area (Å²) >= 11 is 0. The van der Waals surface area contributed by atoms with Crippen LogP contribution in [0, 0.1) is 18.2 Å². The molecule has 1 aromatic rings. The van der Waals surface area contributed by atoms with E-state index in [4.69, 9.17) is 12.2 Å². The third-order valence-electron chi connectivity index (χ3n) is 1.53. The van der Waals surface area contributed by atoms with Crippen LogP contribution in [-0.4, -0.2) is 12.5 Å². The van der Waals surface area contributed by atoms with E-state index in [-0.39, 0.29) is 17.8 Å². The summed E-state index contributed by atoms with van der Waals surface area (Å²) in [5, 5.41) is 2.41. The first-order chi connectivity index (χ1) is 6.63.